The van der Waals surface area contributed by atoms with E-state index in [2.05, 4.69) is 21.0 Å². The number of hydrazine groups is 1. The fourth-order valence-electron chi connectivity index (χ4n) is 3.25. The molecule has 8 heteroatoms. The lowest BCUT2D eigenvalue weighted by Crippen LogP contribution is -2.43. The Balaban J connectivity index is 1.38. The summed E-state index contributed by atoms with van der Waals surface area (Å²) in [6.07, 6.45) is 0.448. The second kappa shape index (κ2) is 7.87. The standard InChI is InChI=1S/C20H20FN5O2/c1-26(12-18-22-19(25-28-18)13-7-3-2-4-8-13)20(27)17-11-16(23-24-17)14-9-5-6-10-15(14)21/h2-10,16-17,23-24H,11-12H2,1H3. The third kappa shape index (κ3) is 3.78. The number of likely N-dealkylation sites (N-methyl/N-ethyl adjacent to an activating group) is 1. The summed E-state index contributed by atoms with van der Waals surface area (Å²) in [5.41, 5.74) is 7.34. The van der Waals surface area contributed by atoms with Gasteiger partial charge in [-0.15, -0.1) is 0 Å². The number of amides is 1. The summed E-state index contributed by atoms with van der Waals surface area (Å²) in [6.45, 7) is 0.196. The van der Waals surface area contributed by atoms with Crippen molar-refractivity contribution in [2.45, 2.75) is 25.0 Å². The van der Waals surface area contributed by atoms with Gasteiger partial charge in [0.1, 0.15) is 11.9 Å². The number of aromatic nitrogens is 2. The van der Waals surface area contributed by atoms with Crippen molar-refractivity contribution in [1.29, 1.82) is 0 Å². The van der Waals surface area contributed by atoms with Crippen molar-refractivity contribution in [1.82, 2.24) is 25.9 Å². The highest BCUT2D eigenvalue weighted by molar-refractivity contribution is 5.82. The van der Waals surface area contributed by atoms with Crippen molar-refractivity contribution in [2.24, 2.45) is 0 Å². The second-order valence-electron chi connectivity index (χ2n) is 6.72. The van der Waals surface area contributed by atoms with Crippen LogP contribution in [0.3, 0.4) is 0 Å². The maximum Gasteiger partial charge on any atom is 0.246 e. The molecule has 1 aliphatic rings. The normalized spacial score (nSPS) is 18.9. The first kappa shape index (κ1) is 18.3. The topological polar surface area (TPSA) is 83.3 Å². The Hall–Kier alpha value is -3.10. The predicted octanol–water partition coefficient (Wildman–Crippen LogP) is 2.44. The van der Waals surface area contributed by atoms with Gasteiger partial charge in [-0.05, 0) is 12.5 Å². The van der Waals surface area contributed by atoms with Gasteiger partial charge in [0.25, 0.3) is 0 Å². The van der Waals surface area contributed by atoms with Gasteiger partial charge in [0.05, 0.1) is 12.6 Å². The highest BCUT2D eigenvalue weighted by Crippen LogP contribution is 2.25. The minimum Gasteiger partial charge on any atom is -0.337 e. The molecule has 144 valence electrons. The van der Waals surface area contributed by atoms with Crippen molar-refractivity contribution in [2.75, 3.05) is 7.05 Å². The van der Waals surface area contributed by atoms with Gasteiger partial charge in [0.2, 0.25) is 17.6 Å². The molecule has 1 amide bonds. The quantitative estimate of drug-likeness (QED) is 0.706. The van der Waals surface area contributed by atoms with Crippen LogP contribution in [0.2, 0.25) is 0 Å². The van der Waals surface area contributed by atoms with E-state index in [1.165, 1.54) is 11.0 Å². The number of nitrogens with one attached hydrogen (secondary N) is 2. The van der Waals surface area contributed by atoms with E-state index in [9.17, 15) is 9.18 Å². The lowest BCUT2D eigenvalue weighted by atomic mass is 10.0. The lowest BCUT2D eigenvalue weighted by Gasteiger charge is -2.18. The molecular formula is C20H20FN5O2. The molecule has 2 unspecified atom stereocenters. The van der Waals surface area contributed by atoms with Gasteiger partial charge in [-0.1, -0.05) is 53.7 Å². The zero-order valence-electron chi connectivity index (χ0n) is 15.3. The van der Waals surface area contributed by atoms with E-state index in [-0.39, 0.29) is 24.3 Å². The van der Waals surface area contributed by atoms with Gasteiger partial charge < -0.3 is 9.42 Å². The Morgan fingerprint density at radius 3 is 2.71 bits per heavy atom. The van der Waals surface area contributed by atoms with Crippen LogP contribution in [0.25, 0.3) is 11.4 Å². The van der Waals surface area contributed by atoms with Crippen LogP contribution in [0.4, 0.5) is 4.39 Å². The summed E-state index contributed by atoms with van der Waals surface area (Å²) in [5.74, 6) is 0.413. The summed E-state index contributed by atoms with van der Waals surface area (Å²) >= 11 is 0. The van der Waals surface area contributed by atoms with Crippen molar-refractivity contribution in [3.05, 3.63) is 71.9 Å². The average Bonchev–Trinajstić information content (AvgIpc) is 3.38. The number of carbonyl (C=O) groups is 1. The molecule has 1 fully saturated rings. The number of halogens is 1. The summed E-state index contributed by atoms with van der Waals surface area (Å²) in [6, 6.07) is 15.3. The molecule has 1 aromatic heterocycles. The van der Waals surface area contributed by atoms with Crippen molar-refractivity contribution < 1.29 is 13.7 Å². The van der Waals surface area contributed by atoms with E-state index in [1.54, 1.807) is 25.2 Å². The van der Waals surface area contributed by atoms with E-state index in [0.29, 0.717) is 23.7 Å². The van der Waals surface area contributed by atoms with Gasteiger partial charge in [0.15, 0.2) is 0 Å². The lowest BCUT2D eigenvalue weighted by molar-refractivity contribution is -0.132. The monoisotopic (exact) mass is 381 g/mol. The summed E-state index contributed by atoms with van der Waals surface area (Å²) < 4.78 is 19.2. The number of carbonyl (C=O) groups excluding carboxylic acids is 1. The van der Waals surface area contributed by atoms with Crippen LogP contribution in [-0.4, -0.2) is 34.0 Å². The minimum absolute atomic E-state index is 0.134. The summed E-state index contributed by atoms with van der Waals surface area (Å²) in [5, 5.41) is 3.96. The van der Waals surface area contributed by atoms with Crippen molar-refractivity contribution in [3.8, 4) is 11.4 Å². The maximum atomic E-state index is 14.0. The van der Waals surface area contributed by atoms with Crippen LogP contribution in [0.1, 0.15) is 23.9 Å². The molecular weight excluding hydrogens is 361 g/mol. The molecule has 28 heavy (non-hydrogen) atoms. The molecule has 1 saturated heterocycles. The number of nitrogens with zero attached hydrogens (tertiary/aromatic N) is 3. The van der Waals surface area contributed by atoms with E-state index >= 15 is 0 Å². The Kier molecular flexibility index (Phi) is 5.14. The fourth-order valence-corrected chi connectivity index (χ4v) is 3.25. The van der Waals surface area contributed by atoms with Crippen LogP contribution in [0.5, 0.6) is 0 Å². The van der Waals surface area contributed by atoms with Crippen LogP contribution in [-0.2, 0) is 11.3 Å². The van der Waals surface area contributed by atoms with Gasteiger partial charge in [-0.2, -0.15) is 4.98 Å². The van der Waals surface area contributed by atoms with E-state index < -0.39 is 6.04 Å². The van der Waals surface area contributed by atoms with Crippen molar-refractivity contribution in [3.63, 3.8) is 0 Å². The van der Waals surface area contributed by atoms with Gasteiger partial charge >= 0.3 is 0 Å². The summed E-state index contributed by atoms with van der Waals surface area (Å²) in [4.78, 5) is 18.6. The molecule has 0 radical (unpaired) electrons. The van der Waals surface area contributed by atoms with Crippen LogP contribution >= 0.6 is 0 Å². The first-order valence-electron chi connectivity index (χ1n) is 9.00. The third-order valence-corrected chi connectivity index (χ3v) is 4.73. The maximum absolute atomic E-state index is 14.0. The largest absolute Gasteiger partial charge is 0.337 e. The molecule has 2 N–H and O–H groups in total. The molecule has 0 spiro atoms. The molecule has 3 aromatic rings. The third-order valence-electron chi connectivity index (χ3n) is 4.73. The van der Waals surface area contributed by atoms with Gasteiger partial charge in [-0.25, -0.2) is 15.2 Å². The summed E-state index contributed by atoms with van der Waals surface area (Å²) in [7, 11) is 1.67. The zero-order chi connectivity index (χ0) is 19.5. The Morgan fingerprint density at radius 2 is 1.93 bits per heavy atom. The highest BCUT2D eigenvalue weighted by atomic mass is 19.1. The molecule has 0 aliphatic carbocycles. The molecule has 4 rings (SSSR count). The van der Waals surface area contributed by atoms with Crippen molar-refractivity contribution >= 4 is 5.91 Å². The highest BCUT2D eigenvalue weighted by Gasteiger charge is 2.33. The molecule has 2 heterocycles. The molecule has 2 aromatic carbocycles. The Labute approximate surface area is 161 Å². The van der Waals surface area contributed by atoms with Crippen LogP contribution in [0.15, 0.2) is 59.1 Å². The van der Waals surface area contributed by atoms with E-state index in [4.69, 9.17) is 4.52 Å². The number of rotatable bonds is 5. The average molecular weight is 381 g/mol. The van der Waals surface area contributed by atoms with Crippen LogP contribution in [0, 0.1) is 5.82 Å². The first-order chi connectivity index (χ1) is 13.6. The molecule has 2 atom stereocenters. The molecule has 0 bridgehead atoms. The molecule has 7 nitrogen and oxygen atoms in total. The van der Waals surface area contributed by atoms with Crippen LogP contribution < -0.4 is 10.9 Å². The van der Waals surface area contributed by atoms with E-state index in [1.807, 2.05) is 30.3 Å². The molecule has 0 saturated carbocycles. The zero-order valence-corrected chi connectivity index (χ0v) is 15.3. The van der Waals surface area contributed by atoms with Gasteiger partial charge in [0, 0.05) is 18.2 Å². The smallest absolute Gasteiger partial charge is 0.246 e. The molecule has 1 aliphatic heterocycles. The second-order valence-corrected chi connectivity index (χ2v) is 6.72. The van der Waals surface area contributed by atoms with Gasteiger partial charge in [-0.3, -0.25) is 4.79 Å². The van der Waals surface area contributed by atoms with E-state index in [0.717, 1.165) is 5.56 Å². The Bertz CT molecular complexity index is 962. The number of hydrogen-bond donors (Lipinski definition) is 2. The SMILES string of the molecule is CN(Cc1nc(-c2ccccc2)no1)C(=O)C1CC(c2ccccc2F)NN1. The number of benzene rings is 2. The first-order valence-corrected chi connectivity index (χ1v) is 9.00. The minimum atomic E-state index is -0.467. The fraction of sp³-hybridized carbons (Fsp3) is 0.250. The predicted molar refractivity (Wildman–Crippen MR) is 100 cm³/mol. The Morgan fingerprint density at radius 1 is 1.18 bits per heavy atom. The number of hydrogen-bond acceptors (Lipinski definition) is 6.